The zero-order valence-electron chi connectivity index (χ0n) is 15.6. The zero-order chi connectivity index (χ0) is 18.5. The average molecular weight is 372 g/mol. The molecule has 1 amide bonds. The fraction of sp³-hybridized carbons (Fsp3) is 0.381. The molecule has 2 aromatic rings. The Morgan fingerprint density at radius 2 is 1.69 bits per heavy atom. The Bertz CT molecular complexity index is 728. The van der Waals surface area contributed by atoms with Crippen molar-refractivity contribution in [3.8, 4) is 0 Å². The molecule has 4 nitrogen and oxygen atoms in total. The number of anilines is 1. The highest BCUT2D eigenvalue weighted by molar-refractivity contribution is 7.99. The van der Waals surface area contributed by atoms with E-state index in [1.165, 1.54) is 4.90 Å². The first-order chi connectivity index (χ1) is 12.5. The molecule has 0 saturated carbocycles. The third kappa shape index (κ3) is 4.87. The SMILES string of the molecule is C[C@@H]1C[NH+]([C@@H](C)C(=O)Nc2ccccc2Sc2ccccc2)C[C@@H](C)O1. The number of carbonyl (C=O) groups excluding carboxylic acids is 1. The summed E-state index contributed by atoms with van der Waals surface area (Å²) in [6.07, 6.45) is 0.370. The first-order valence-corrected chi connectivity index (χ1v) is 9.97. The predicted molar refractivity (Wildman–Crippen MR) is 106 cm³/mol. The van der Waals surface area contributed by atoms with Crippen molar-refractivity contribution in [2.75, 3.05) is 18.4 Å². The van der Waals surface area contributed by atoms with E-state index in [-0.39, 0.29) is 24.2 Å². The molecule has 2 N–H and O–H groups in total. The Kier molecular flexibility index (Phi) is 6.35. The predicted octanol–water partition coefficient (Wildman–Crippen LogP) is 2.86. The Morgan fingerprint density at radius 3 is 2.38 bits per heavy atom. The number of hydrogen-bond acceptors (Lipinski definition) is 3. The minimum absolute atomic E-state index is 0.0578. The molecule has 0 spiro atoms. The number of ether oxygens (including phenoxy) is 1. The zero-order valence-corrected chi connectivity index (χ0v) is 16.4. The van der Waals surface area contributed by atoms with Crippen molar-refractivity contribution >= 4 is 23.4 Å². The lowest BCUT2D eigenvalue weighted by atomic mass is 10.1. The summed E-state index contributed by atoms with van der Waals surface area (Å²) >= 11 is 1.66. The van der Waals surface area contributed by atoms with E-state index < -0.39 is 0 Å². The molecule has 0 bridgehead atoms. The smallest absolute Gasteiger partial charge is 0.282 e. The van der Waals surface area contributed by atoms with E-state index in [1.54, 1.807) is 11.8 Å². The molecule has 2 aromatic carbocycles. The van der Waals surface area contributed by atoms with Crippen LogP contribution < -0.4 is 10.2 Å². The van der Waals surface area contributed by atoms with E-state index in [9.17, 15) is 4.79 Å². The lowest BCUT2D eigenvalue weighted by Crippen LogP contribution is -3.19. The van der Waals surface area contributed by atoms with E-state index in [2.05, 4.69) is 31.3 Å². The molecular formula is C21H27N2O2S+. The van der Waals surface area contributed by atoms with Crippen LogP contribution >= 0.6 is 11.8 Å². The van der Waals surface area contributed by atoms with Crippen molar-refractivity contribution in [3.63, 3.8) is 0 Å². The quantitative estimate of drug-likeness (QED) is 0.849. The van der Waals surface area contributed by atoms with Gasteiger partial charge < -0.3 is 15.0 Å². The summed E-state index contributed by atoms with van der Waals surface area (Å²) in [5, 5.41) is 3.14. The van der Waals surface area contributed by atoms with Gasteiger partial charge in [-0.05, 0) is 45.0 Å². The van der Waals surface area contributed by atoms with Gasteiger partial charge in [0.25, 0.3) is 5.91 Å². The molecule has 5 heteroatoms. The second-order valence-electron chi connectivity index (χ2n) is 6.95. The van der Waals surface area contributed by atoms with E-state index in [0.717, 1.165) is 28.6 Å². The summed E-state index contributed by atoms with van der Waals surface area (Å²) < 4.78 is 5.79. The van der Waals surface area contributed by atoms with Crippen LogP contribution in [0.3, 0.4) is 0 Å². The number of para-hydroxylation sites is 1. The van der Waals surface area contributed by atoms with Gasteiger partial charge in [-0.25, -0.2) is 0 Å². The first kappa shape index (κ1) is 19.0. The van der Waals surface area contributed by atoms with E-state index in [1.807, 2.05) is 49.4 Å². The van der Waals surface area contributed by atoms with Gasteiger partial charge in [-0.3, -0.25) is 4.79 Å². The highest BCUT2D eigenvalue weighted by Gasteiger charge is 2.33. The Morgan fingerprint density at radius 1 is 1.08 bits per heavy atom. The third-order valence-electron chi connectivity index (χ3n) is 4.69. The van der Waals surface area contributed by atoms with E-state index in [4.69, 9.17) is 4.74 Å². The molecule has 1 aliphatic rings. The van der Waals surface area contributed by atoms with Crippen molar-refractivity contribution in [1.29, 1.82) is 0 Å². The summed E-state index contributed by atoms with van der Waals surface area (Å²) in [4.78, 5) is 16.3. The van der Waals surface area contributed by atoms with Crippen molar-refractivity contribution in [3.05, 3.63) is 54.6 Å². The fourth-order valence-corrected chi connectivity index (χ4v) is 4.29. The van der Waals surface area contributed by atoms with Crippen LogP contribution in [0.4, 0.5) is 5.69 Å². The molecule has 1 aliphatic heterocycles. The Hall–Kier alpha value is -1.82. The number of carbonyl (C=O) groups is 1. The molecular weight excluding hydrogens is 344 g/mol. The molecule has 0 unspecified atom stereocenters. The van der Waals surface area contributed by atoms with E-state index in [0.29, 0.717) is 0 Å². The van der Waals surface area contributed by atoms with Crippen LogP contribution in [-0.4, -0.2) is 37.2 Å². The number of quaternary nitrogens is 1. The van der Waals surface area contributed by atoms with Crippen LogP contribution in [0.1, 0.15) is 20.8 Å². The normalized spacial score (nSPS) is 24.0. The molecule has 0 aromatic heterocycles. The number of amides is 1. The maximum absolute atomic E-state index is 12.8. The summed E-state index contributed by atoms with van der Waals surface area (Å²) in [6, 6.07) is 18.1. The molecule has 26 heavy (non-hydrogen) atoms. The number of benzene rings is 2. The number of rotatable bonds is 5. The minimum atomic E-state index is -0.112. The van der Waals surface area contributed by atoms with Crippen LogP contribution in [0.2, 0.25) is 0 Å². The van der Waals surface area contributed by atoms with Gasteiger partial charge in [-0.2, -0.15) is 0 Å². The monoisotopic (exact) mass is 371 g/mol. The van der Waals surface area contributed by atoms with Gasteiger partial charge in [-0.15, -0.1) is 0 Å². The molecule has 138 valence electrons. The van der Waals surface area contributed by atoms with Crippen molar-refractivity contribution < 1.29 is 14.4 Å². The second kappa shape index (κ2) is 8.71. The molecule has 1 heterocycles. The van der Waals surface area contributed by atoms with Gasteiger partial charge in [0.15, 0.2) is 6.04 Å². The number of morpholine rings is 1. The van der Waals surface area contributed by atoms with Crippen LogP contribution in [0.5, 0.6) is 0 Å². The van der Waals surface area contributed by atoms with Crippen molar-refractivity contribution in [2.45, 2.75) is 48.8 Å². The standard InChI is InChI=1S/C21H26N2O2S/c1-15-13-23(14-16(2)25-15)17(3)21(24)22-19-11-7-8-12-20(19)26-18-9-5-4-6-10-18/h4-12,15-17H,13-14H2,1-3H3,(H,22,24)/p+1/t15-,16-,17+/m1/s1. The third-order valence-corrected chi connectivity index (χ3v) is 5.77. The molecule has 3 atom stereocenters. The summed E-state index contributed by atoms with van der Waals surface area (Å²) in [7, 11) is 0. The van der Waals surface area contributed by atoms with Gasteiger partial charge in [0.05, 0.1) is 5.69 Å². The molecule has 0 radical (unpaired) electrons. The summed E-state index contributed by atoms with van der Waals surface area (Å²) in [5.41, 5.74) is 0.868. The molecule has 1 fully saturated rings. The molecule has 3 rings (SSSR count). The van der Waals surface area contributed by atoms with Gasteiger partial charge in [0.1, 0.15) is 25.3 Å². The summed E-state index contributed by atoms with van der Waals surface area (Å²) in [5.74, 6) is 0.0578. The minimum Gasteiger partial charge on any atom is -0.364 e. The topological polar surface area (TPSA) is 42.8 Å². The number of hydrogen-bond donors (Lipinski definition) is 2. The van der Waals surface area contributed by atoms with Gasteiger partial charge in [-0.1, -0.05) is 42.1 Å². The molecule has 0 aliphatic carbocycles. The van der Waals surface area contributed by atoms with Crippen LogP contribution in [0.15, 0.2) is 64.4 Å². The average Bonchev–Trinajstić information content (AvgIpc) is 2.62. The largest absolute Gasteiger partial charge is 0.364 e. The van der Waals surface area contributed by atoms with Crippen LogP contribution in [-0.2, 0) is 9.53 Å². The van der Waals surface area contributed by atoms with Gasteiger partial charge in [0.2, 0.25) is 0 Å². The van der Waals surface area contributed by atoms with E-state index >= 15 is 0 Å². The lowest BCUT2D eigenvalue weighted by molar-refractivity contribution is -0.928. The van der Waals surface area contributed by atoms with Gasteiger partial charge >= 0.3 is 0 Å². The van der Waals surface area contributed by atoms with Gasteiger partial charge in [0, 0.05) is 9.79 Å². The highest BCUT2D eigenvalue weighted by atomic mass is 32.2. The Labute approximate surface area is 159 Å². The number of nitrogens with one attached hydrogen (secondary N) is 2. The lowest BCUT2D eigenvalue weighted by Gasteiger charge is -2.35. The van der Waals surface area contributed by atoms with Crippen molar-refractivity contribution in [2.24, 2.45) is 0 Å². The maximum atomic E-state index is 12.8. The summed E-state index contributed by atoms with van der Waals surface area (Å²) in [6.45, 7) is 7.87. The van der Waals surface area contributed by atoms with Crippen LogP contribution in [0.25, 0.3) is 0 Å². The second-order valence-corrected chi connectivity index (χ2v) is 8.06. The Balaban J connectivity index is 1.69. The highest BCUT2D eigenvalue weighted by Crippen LogP contribution is 2.33. The maximum Gasteiger partial charge on any atom is 0.282 e. The van der Waals surface area contributed by atoms with Crippen molar-refractivity contribution in [1.82, 2.24) is 0 Å². The first-order valence-electron chi connectivity index (χ1n) is 9.15. The fourth-order valence-electron chi connectivity index (χ4n) is 3.37. The van der Waals surface area contributed by atoms with Crippen LogP contribution in [0, 0.1) is 0 Å². The molecule has 1 saturated heterocycles.